The van der Waals surface area contributed by atoms with E-state index in [9.17, 15) is 8.78 Å². The molecule has 1 aliphatic carbocycles. The fourth-order valence-electron chi connectivity index (χ4n) is 4.23. The van der Waals surface area contributed by atoms with Crippen LogP contribution in [0.15, 0.2) is 24.7 Å². The van der Waals surface area contributed by atoms with Gasteiger partial charge in [-0.15, -0.1) is 0 Å². The molecule has 2 aromatic rings. The number of nitrogens with one attached hydrogen (secondary N) is 2. The van der Waals surface area contributed by atoms with E-state index in [-0.39, 0.29) is 6.42 Å². The van der Waals surface area contributed by atoms with Gasteiger partial charge < -0.3 is 10.2 Å². The van der Waals surface area contributed by atoms with E-state index < -0.39 is 11.8 Å². The number of fused-ring (bicyclic) bond motifs is 2. The molecule has 138 valence electrons. The van der Waals surface area contributed by atoms with Gasteiger partial charge in [0.2, 0.25) is 5.95 Å². The summed E-state index contributed by atoms with van der Waals surface area (Å²) in [5, 5.41) is 9.75. The van der Waals surface area contributed by atoms with Crippen LogP contribution in [-0.2, 0) is 0 Å². The van der Waals surface area contributed by atoms with Crippen molar-refractivity contribution in [3.8, 4) is 0 Å². The molecule has 0 spiro atoms. The van der Waals surface area contributed by atoms with E-state index in [1.54, 1.807) is 18.6 Å². The largest absolute Gasteiger partial charge is 0.353 e. The number of nitrogens with zero attached hydrogens (tertiary/aromatic N) is 5. The highest BCUT2D eigenvalue weighted by Crippen LogP contribution is 2.50. The fourth-order valence-corrected chi connectivity index (χ4v) is 4.23. The van der Waals surface area contributed by atoms with Crippen molar-refractivity contribution in [1.29, 1.82) is 0 Å². The van der Waals surface area contributed by atoms with Crippen molar-refractivity contribution < 1.29 is 8.78 Å². The maximum absolute atomic E-state index is 13.3. The molecule has 3 aliphatic rings. The van der Waals surface area contributed by atoms with Crippen molar-refractivity contribution >= 4 is 17.5 Å². The number of aromatic nitrogens is 4. The van der Waals surface area contributed by atoms with Gasteiger partial charge in [0, 0.05) is 56.5 Å². The Hall–Kier alpha value is -2.29. The molecule has 1 saturated carbocycles. The summed E-state index contributed by atoms with van der Waals surface area (Å²) >= 11 is 0. The van der Waals surface area contributed by atoms with Crippen molar-refractivity contribution in [3.63, 3.8) is 0 Å². The van der Waals surface area contributed by atoms with Crippen LogP contribution in [0.1, 0.15) is 19.3 Å². The Kier molecular flexibility index (Phi) is 3.59. The van der Waals surface area contributed by atoms with Gasteiger partial charge in [-0.1, -0.05) is 0 Å². The number of hydrogen-bond donors (Lipinski definition) is 2. The van der Waals surface area contributed by atoms with Crippen LogP contribution in [0.5, 0.6) is 0 Å². The third kappa shape index (κ3) is 2.90. The van der Waals surface area contributed by atoms with Crippen LogP contribution < -0.4 is 10.2 Å². The minimum Gasteiger partial charge on any atom is -0.353 e. The number of H-pyrrole nitrogens is 1. The summed E-state index contributed by atoms with van der Waals surface area (Å²) in [5.41, 5.74) is 0.803. The van der Waals surface area contributed by atoms with Crippen molar-refractivity contribution in [2.24, 2.45) is 5.92 Å². The van der Waals surface area contributed by atoms with Crippen LogP contribution in [0.3, 0.4) is 0 Å². The molecule has 0 amide bonds. The number of anilines is 3. The maximum atomic E-state index is 13.3. The molecule has 2 aromatic heterocycles. The van der Waals surface area contributed by atoms with E-state index in [1.165, 1.54) is 0 Å². The van der Waals surface area contributed by atoms with Crippen molar-refractivity contribution in [2.45, 2.75) is 37.3 Å². The molecule has 7 nitrogen and oxygen atoms in total. The number of rotatable bonds is 5. The molecule has 2 saturated heterocycles. The number of halogens is 2. The topological polar surface area (TPSA) is 73.0 Å². The van der Waals surface area contributed by atoms with Gasteiger partial charge in [-0.2, -0.15) is 10.1 Å². The van der Waals surface area contributed by atoms with Gasteiger partial charge in [-0.05, 0) is 18.9 Å². The first-order valence-corrected chi connectivity index (χ1v) is 9.06. The second kappa shape index (κ2) is 5.87. The van der Waals surface area contributed by atoms with Gasteiger partial charge in [-0.25, -0.2) is 13.8 Å². The van der Waals surface area contributed by atoms with Gasteiger partial charge >= 0.3 is 0 Å². The van der Waals surface area contributed by atoms with Crippen LogP contribution in [-0.4, -0.2) is 62.7 Å². The lowest BCUT2D eigenvalue weighted by atomic mass is 10.1. The fraction of sp³-hybridized carbons (Fsp3) is 0.588. The highest BCUT2D eigenvalue weighted by Gasteiger charge is 2.58. The van der Waals surface area contributed by atoms with Crippen LogP contribution in [0.4, 0.5) is 26.2 Å². The minimum absolute atomic E-state index is 0.0571. The molecule has 3 atom stereocenters. The summed E-state index contributed by atoms with van der Waals surface area (Å²) in [7, 11) is 0. The molecule has 26 heavy (non-hydrogen) atoms. The first-order chi connectivity index (χ1) is 12.6. The van der Waals surface area contributed by atoms with Crippen LogP contribution in [0.25, 0.3) is 0 Å². The van der Waals surface area contributed by atoms with Gasteiger partial charge in [-0.3, -0.25) is 10.00 Å². The Morgan fingerprint density at radius 2 is 2.04 bits per heavy atom. The highest BCUT2D eigenvalue weighted by atomic mass is 19.3. The van der Waals surface area contributed by atoms with Gasteiger partial charge in [0.1, 0.15) is 5.82 Å². The molecule has 2 N–H and O–H groups in total. The zero-order chi connectivity index (χ0) is 17.7. The first kappa shape index (κ1) is 15.9. The Bertz CT molecular complexity index is 767. The van der Waals surface area contributed by atoms with Crippen LogP contribution >= 0.6 is 0 Å². The summed E-state index contributed by atoms with van der Waals surface area (Å²) in [4.78, 5) is 13.4. The summed E-state index contributed by atoms with van der Waals surface area (Å²) in [5.74, 6) is -1.48. The molecular formula is C17H21F2N7. The average molecular weight is 361 g/mol. The van der Waals surface area contributed by atoms with E-state index in [1.807, 2.05) is 6.07 Å². The smallest absolute Gasteiger partial charge is 0.252 e. The Labute approximate surface area is 149 Å². The molecular weight excluding hydrogens is 340 g/mol. The quantitative estimate of drug-likeness (QED) is 0.851. The molecule has 2 bridgehead atoms. The van der Waals surface area contributed by atoms with Gasteiger partial charge in [0.05, 0.1) is 11.9 Å². The molecule has 9 heteroatoms. The second-order valence-electron chi connectivity index (χ2n) is 7.50. The summed E-state index contributed by atoms with van der Waals surface area (Å²) in [6, 6.07) is 2.58. The maximum Gasteiger partial charge on any atom is 0.252 e. The summed E-state index contributed by atoms with van der Waals surface area (Å²) in [6.07, 6.45) is 7.35. The van der Waals surface area contributed by atoms with E-state index in [0.717, 1.165) is 37.4 Å². The van der Waals surface area contributed by atoms with Crippen molar-refractivity contribution in [2.75, 3.05) is 29.9 Å². The van der Waals surface area contributed by atoms with Gasteiger partial charge in [0.25, 0.3) is 5.92 Å². The predicted molar refractivity (Wildman–Crippen MR) is 92.7 cm³/mol. The lowest BCUT2D eigenvalue weighted by molar-refractivity contribution is 0.0750. The zero-order valence-electron chi connectivity index (χ0n) is 14.3. The minimum atomic E-state index is -2.43. The first-order valence-electron chi connectivity index (χ1n) is 9.06. The monoisotopic (exact) mass is 361 g/mol. The molecule has 0 unspecified atom stereocenters. The lowest BCUT2D eigenvalue weighted by Gasteiger charge is -2.41. The third-order valence-corrected chi connectivity index (χ3v) is 5.74. The standard InChI is InChI=1S/C17H21F2N7/c18-17(19)5-11(17)8-26-13-1-2-14(26)10-25(9-13)15-3-4-20-16(24-15)23-12-6-21-22-7-12/h3-4,6-7,11,13-14H,1-2,5,8-10H2,(H,21,22)(H,20,23,24)/t11-,13-,14+/m0/s1. The van der Waals surface area contributed by atoms with Crippen LogP contribution in [0, 0.1) is 5.92 Å². The SMILES string of the molecule is FC1(F)C[C@H]1CN1[C@@H]2CC[C@H]1CN(c1ccnc(Nc3cn[nH]c3)n1)C2. The summed E-state index contributed by atoms with van der Waals surface area (Å²) in [6.45, 7) is 2.20. The van der Waals surface area contributed by atoms with Gasteiger partial charge in [0.15, 0.2) is 0 Å². The molecule has 4 heterocycles. The van der Waals surface area contributed by atoms with E-state index in [4.69, 9.17) is 0 Å². The van der Waals surface area contributed by atoms with E-state index in [0.29, 0.717) is 24.6 Å². The third-order valence-electron chi connectivity index (χ3n) is 5.74. The summed E-state index contributed by atoms with van der Waals surface area (Å²) < 4.78 is 26.6. The van der Waals surface area contributed by atoms with Crippen LogP contribution in [0.2, 0.25) is 0 Å². The average Bonchev–Trinajstić information content (AvgIpc) is 2.93. The Morgan fingerprint density at radius 1 is 1.27 bits per heavy atom. The second-order valence-corrected chi connectivity index (χ2v) is 7.50. The highest BCUT2D eigenvalue weighted by molar-refractivity contribution is 5.53. The van der Waals surface area contributed by atoms with E-state index >= 15 is 0 Å². The Balaban J connectivity index is 1.27. The number of hydrogen-bond acceptors (Lipinski definition) is 6. The predicted octanol–water partition coefficient (Wildman–Crippen LogP) is 2.25. The van der Waals surface area contributed by atoms with Crippen molar-refractivity contribution in [1.82, 2.24) is 25.1 Å². The molecule has 2 aliphatic heterocycles. The molecule has 5 rings (SSSR count). The lowest BCUT2D eigenvalue weighted by Crippen LogP contribution is -2.54. The van der Waals surface area contributed by atoms with E-state index in [2.05, 4.69) is 35.3 Å². The molecule has 3 fully saturated rings. The normalized spacial score (nSPS) is 29.8. The van der Waals surface area contributed by atoms with Crippen molar-refractivity contribution in [3.05, 3.63) is 24.7 Å². The number of alkyl halides is 2. The number of piperazine rings is 1. The molecule has 0 radical (unpaired) electrons. The Morgan fingerprint density at radius 3 is 2.69 bits per heavy atom. The number of aromatic amines is 1. The molecule has 0 aromatic carbocycles. The zero-order valence-corrected chi connectivity index (χ0v) is 14.3.